The Morgan fingerprint density at radius 3 is 2.92 bits per heavy atom. The average molecular weight is 305 g/mol. The van der Waals surface area contributed by atoms with Gasteiger partial charge in [-0.05, 0) is 34.2 Å². The van der Waals surface area contributed by atoms with E-state index in [4.69, 9.17) is 16.3 Å². The molecule has 66 valence electrons. The molecule has 2 rings (SSSR count). The first kappa shape index (κ1) is 9.09. The predicted molar refractivity (Wildman–Crippen MR) is 63.2 cm³/mol. The highest BCUT2D eigenvalue weighted by Crippen LogP contribution is 2.40. The summed E-state index contributed by atoms with van der Waals surface area (Å²) in [5.41, 5.74) is 1.93. The zero-order valence-corrected chi connectivity index (χ0v) is 9.59. The predicted octanol–water partition coefficient (Wildman–Crippen LogP) is 4.02. The molecular formula is C10H6ClIO. The second-order valence-corrected chi connectivity index (χ2v) is 4.25. The van der Waals surface area contributed by atoms with Crippen molar-refractivity contribution in [2.75, 3.05) is 0 Å². The smallest absolute Gasteiger partial charge is 0.152 e. The van der Waals surface area contributed by atoms with Crippen molar-refractivity contribution in [3.05, 3.63) is 45.2 Å². The monoisotopic (exact) mass is 304 g/mol. The van der Waals surface area contributed by atoms with Crippen LogP contribution in [0.3, 0.4) is 0 Å². The number of hydrogen-bond acceptors (Lipinski definition) is 1. The molecule has 0 bridgehead atoms. The molecule has 0 aromatic heterocycles. The van der Waals surface area contributed by atoms with Gasteiger partial charge >= 0.3 is 0 Å². The summed E-state index contributed by atoms with van der Waals surface area (Å²) in [5.74, 6) is 0.703. The van der Waals surface area contributed by atoms with Crippen LogP contribution in [0.5, 0.6) is 5.75 Å². The van der Waals surface area contributed by atoms with Gasteiger partial charge in [-0.2, -0.15) is 0 Å². The Balaban J connectivity index is 2.62. The topological polar surface area (TPSA) is 9.23 Å². The highest BCUT2D eigenvalue weighted by atomic mass is 127. The van der Waals surface area contributed by atoms with Gasteiger partial charge in [-0.1, -0.05) is 30.3 Å². The largest absolute Gasteiger partial charge is 0.462 e. The van der Waals surface area contributed by atoms with Crippen molar-refractivity contribution in [3.63, 3.8) is 0 Å². The van der Waals surface area contributed by atoms with Crippen LogP contribution < -0.4 is 4.74 Å². The van der Waals surface area contributed by atoms with Crippen LogP contribution in [0.1, 0.15) is 5.56 Å². The summed E-state index contributed by atoms with van der Waals surface area (Å²) >= 11 is 8.14. The van der Waals surface area contributed by atoms with Crippen LogP contribution in [0.2, 0.25) is 5.02 Å². The van der Waals surface area contributed by atoms with Gasteiger partial charge in [-0.3, -0.25) is 0 Å². The molecule has 13 heavy (non-hydrogen) atoms. The molecule has 1 aromatic rings. The molecule has 0 saturated carbocycles. The number of para-hydroxylation sites is 1. The molecule has 1 aromatic carbocycles. The Kier molecular flexibility index (Phi) is 2.34. The third-order valence-electron chi connectivity index (χ3n) is 1.86. The van der Waals surface area contributed by atoms with Crippen molar-refractivity contribution in [3.8, 4) is 5.75 Å². The van der Waals surface area contributed by atoms with Gasteiger partial charge in [0.15, 0.2) is 5.75 Å². The van der Waals surface area contributed by atoms with Crippen LogP contribution in [-0.2, 0) is 0 Å². The third-order valence-corrected chi connectivity index (χ3v) is 3.06. The van der Waals surface area contributed by atoms with Gasteiger partial charge in [0.2, 0.25) is 0 Å². The van der Waals surface area contributed by atoms with Gasteiger partial charge in [-0.25, -0.2) is 0 Å². The lowest BCUT2D eigenvalue weighted by atomic mass is 10.1. The van der Waals surface area contributed by atoms with Crippen LogP contribution in [-0.4, -0.2) is 0 Å². The summed E-state index contributed by atoms with van der Waals surface area (Å²) < 4.78 is 6.38. The number of ether oxygens (including phenoxy) is 1. The van der Waals surface area contributed by atoms with Crippen molar-refractivity contribution < 1.29 is 4.74 Å². The minimum absolute atomic E-state index is 0.624. The van der Waals surface area contributed by atoms with Crippen LogP contribution in [0.25, 0.3) is 5.57 Å². The van der Waals surface area contributed by atoms with Crippen molar-refractivity contribution in [2.24, 2.45) is 0 Å². The Morgan fingerprint density at radius 1 is 1.38 bits per heavy atom. The van der Waals surface area contributed by atoms with E-state index < -0.39 is 0 Å². The lowest BCUT2D eigenvalue weighted by molar-refractivity contribution is 0.475. The lowest BCUT2D eigenvalue weighted by Crippen LogP contribution is -1.98. The summed E-state index contributed by atoms with van der Waals surface area (Å²) in [6.45, 7) is 3.96. The number of halogens is 2. The normalized spacial score (nSPS) is 14.6. The van der Waals surface area contributed by atoms with E-state index in [1.54, 1.807) is 12.3 Å². The van der Waals surface area contributed by atoms with Gasteiger partial charge in [-0.15, -0.1) is 0 Å². The second kappa shape index (κ2) is 3.35. The lowest BCUT2D eigenvalue weighted by Gasteiger charge is -2.17. The maximum absolute atomic E-state index is 5.96. The molecule has 0 N–H and O–H groups in total. The van der Waals surface area contributed by atoms with E-state index in [9.17, 15) is 0 Å². The molecule has 0 spiro atoms. The number of hydrogen-bond donors (Lipinski definition) is 0. The zero-order valence-electron chi connectivity index (χ0n) is 6.68. The first-order valence-corrected chi connectivity index (χ1v) is 5.16. The van der Waals surface area contributed by atoms with E-state index in [2.05, 4.69) is 29.2 Å². The van der Waals surface area contributed by atoms with Crippen molar-refractivity contribution >= 4 is 39.8 Å². The van der Waals surface area contributed by atoms with E-state index in [0.717, 1.165) is 14.7 Å². The first-order valence-electron chi connectivity index (χ1n) is 3.70. The molecule has 1 aliphatic rings. The molecule has 0 radical (unpaired) electrons. The van der Waals surface area contributed by atoms with Crippen molar-refractivity contribution in [1.82, 2.24) is 0 Å². The Labute approximate surface area is 95.2 Å². The summed E-state index contributed by atoms with van der Waals surface area (Å²) in [6, 6.07) is 5.65. The molecule has 1 aliphatic heterocycles. The van der Waals surface area contributed by atoms with Crippen molar-refractivity contribution in [1.29, 1.82) is 0 Å². The van der Waals surface area contributed by atoms with E-state index in [0.29, 0.717) is 10.8 Å². The van der Waals surface area contributed by atoms with E-state index in [1.165, 1.54) is 0 Å². The van der Waals surface area contributed by atoms with Gasteiger partial charge in [0, 0.05) is 5.56 Å². The van der Waals surface area contributed by atoms with Gasteiger partial charge in [0.1, 0.15) is 6.26 Å². The SMILES string of the molecule is C=C1C(I)=COc2c(Cl)cccc21. The van der Waals surface area contributed by atoms with Crippen LogP contribution >= 0.6 is 34.2 Å². The maximum atomic E-state index is 5.96. The number of benzene rings is 1. The molecule has 0 unspecified atom stereocenters. The quantitative estimate of drug-likeness (QED) is 0.658. The van der Waals surface area contributed by atoms with Crippen molar-refractivity contribution in [2.45, 2.75) is 0 Å². The van der Waals surface area contributed by atoms with E-state index in [-0.39, 0.29) is 0 Å². The summed E-state index contributed by atoms with van der Waals surface area (Å²) in [5, 5.41) is 0.624. The molecule has 0 saturated heterocycles. The van der Waals surface area contributed by atoms with Gasteiger partial charge in [0.05, 0.1) is 8.60 Å². The van der Waals surface area contributed by atoms with E-state index in [1.807, 2.05) is 12.1 Å². The maximum Gasteiger partial charge on any atom is 0.152 e. The third kappa shape index (κ3) is 1.48. The average Bonchev–Trinajstić information content (AvgIpc) is 2.12. The molecular weight excluding hydrogens is 298 g/mol. The van der Waals surface area contributed by atoms with Gasteiger partial charge in [0.25, 0.3) is 0 Å². The fourth-order valence-corrected chi connectivity index (χ4v) is 1.81. The minimum atomic E-state index is 0.624. The van der Waals surface area contributed by atoms with Crippen LogP contribution in [0.4, 0.5) is 0 Å². The highest BCUT2D eigenvalue weighted by Gasteiger charge is 2.16. The molecule has 0 aliphatic carbocycles. The van der Waals surface area contributed by atoms with E-state index >= 15 is 0 Å². The molecule has 0 amide bonds. The number of allylic oxidation sites excluding steroid dienone is 2. The molecule has 3 heteroatoms. The fourth-order valence-electron chi connectivity index (χ4n) is 1.18. The molecule has 0 fully saturated rings. The Hall–Kier alpha value is -0.480. The Bertz CT molecular complexity index is 409. The molecule has 0 atom stereocenters. The number of fused-ring (bicyclic) bond motifs is 1. The van der Waals surface area contributed by atoms with Gasteiger partial charge < -0.3 is 4.74 Å². The summed E-state index contributed by atoms with van der Waals surface area (Å²) in [6.07, 6.45) is 1.66. The van der Waals surface area contributed by atoms with Crippen LogP contribution in [0, 0.1) is 0 Å². The molecule has 1 nitrogen and oxygen atoms in total. The highest BCUT2D eigenvalue weighted by molar-refractivity contribution is 14.1. The zero-order chi connectivity index (χ0) is 9.42. The standard InChI is InChI=1S/C10H6ClIO/c1-6-7-3-2-4-8(11)10(7)13-5-9(6)12/h2-5H,1H2. The van der Waals surface area contributed by atoms with Crippen LogP contribution in [0.15, 0.2) is 34.6 Å². The molecule has 1 heterocycles. The number of rotatable bonds is 0. The summed E-state index contributed by atoms with van der Waals surface area (Å²) in [4.78, 5) is 0. The Morgan fingerprint density at radius 2 is 2.15 bits per heavy atom. The first-order chi connectivity index (χ1) is 6.20. The fraction of sp³-hybridized carbons (Fsp3) is 0. The second-order valence-electron chi connectivity index (χ2n) is 2.68. The summed E-state index contributed by atoms with van der Waals surface area (Å²) in [7, 11) is 0. The minimum Gasteiger partial charge on any atom is -0.462 e.